The highest BCUT2D eigenvalue weighted by Crippen LogP contribution is 2.40. The van der Waals surface area contributed by atoms with E-state index < -0.39 is 5.60 Å². The van der Waals surface area contributed by atoms with Crippen LogP contribution in [0.15, 0.2) is 91.0 Å². The van der Waals surface area contributed by atoms with Crippen LogP contribution in [-0.2, 0) is 15.1 Å². The predicted molar refractivity (Wildman–Crippen MR) is 116 cm³/mol. The first-order valence-corrected chi connectivity index (χ1v) is 10.0. The minimum atomic E-state index is -0.806. The molecule has 0 saturated heterocycles. The van der Waals surface area contributed by atoms with Crippen molar-refractivity contribution < 1.29 is 9.53 Å². The van der Waals surface area contributed by atoms with Crippen LogP contribution in [0.1, 0.15) is 36.5 Å². The summed E-state index contributed by atoms with van der Waals surface area (Å²) in [6.07, 6.45) is 2.34. The molecule has 0 spiro atoms. The predicted octanol–water partition coefficient (Wildman–Crippen LogP) is 4.50. The van der Waals surface area contributed by atoms with E-state index >= 15 is 0 Å². The van der Waals surface area contributed by atoms with Gasteiger partial charge in [-0.25, -0.2) is 5.84 Å². The maximum atomic E-state index is 11.3. The Balaban J connectivity index is 2.13. The largest absolute Gasteiger partial charge is 0.359 e. The third-order valence-electron chi connectivity index (χ3n) is 5.20. The first kappa shape index (κ1) is 20.8. The molecule has 0 aliphatic heterocycles. The number of amides is 1. The van der Waals surface area contributed by atoms with Crippen molar-refractivity contribution in [1.29, 1.82) is 0 Å². The van der Waals surface area contributed by atoms with Gasteiger partial charge in [-0.1, -0.05) is 104 Å². The quantitative estimate of drug-likeness (QED) is 0.183. The summed E-state index contributed by atoms with van der Waals surface area (Å²) in [6, 6.07) is 30.4. The number of carbonyl (C=O) groups excluding carboxylic acids is 1. The lowest BCUT2D eigenvalue weighted by molar-refractivity contribution is -0.123. The van der Waals surface area contributed by atoms with Crippen LogP contribution in [0.2, 0.25) is 0 Å². The first-order chi connectivity index (χ1) is 14.2. The van der Waals surface area contributed by atoms with Gasteiger partial charge in [-0.05, 0) is 23.1 Å². The van der Waals surface area contributed by atoms with Crippen LogP contribution in [-0.4, -0.2) is 24.1 Å². The van der Waals surface area contributed by atoms with E-state index in [0.717, 1.165) is 29.5 Å². The van der Waals surface area contributed by atoms with E-state index in [1.807, 2.05) is 54.6 Å². The van der Waals surface area contributed by atoms with Crippen molar-refractivity contribution in [3.63, 3.8) is 0 Å². The minimum Gasteiger partial charge on any atom is -0.359 e. The van der Waals surface area contributed by atoms with Crippen molar-refractivity contribution in [2.45, 2.75) is 31.4 Å². The van der Waals surface area contributed by atoms with E-state index in [9.17, 15) is 4.79 Å². The van der Waals surface area contributed by atoms with E-state index in [-0.39, 0.29) is 6.04 Å². The molecular weight excluding hydrogens is 360 g/mol. The lowest BCUT2D eigenvalue weighted by Gasteiger charge is -2.38. The maximum Gasteiger partial charge on any atom is 0.224 e. The molecule has 150 valence electrons. The Morgan fingerprint density at radius 2 is 1.28 bits per heavy atom. The van der Waals surface area contributed by atoms with Crippen LogP contribution >= 0.6 is 0 Å². The molecule has 1 amide bonds. The molecule has 0 unspecified atom stereocenters. The van der Waals surface area contributed by atoms with Crippen molar-refractivity contribution in [2.24, 2.45) is 5.84 Å². The van der Waals surface area contributed by atoms with Gasteiger partial charge in [0.1, 0.15) is 5.60 Å². The standard InChI is InChI=1S/C25H28N2O2/c1-2-12-24(27(26)20-28)19-29-25(21-13-6-3-7-14-21,22-15-8-4-9-16-22)23-17-10-5-11-18-23/h3-11,13-18,20,24H,2,12,19,26H2,1H3/t24-/m0/s1. The molecule has 1 atom stereocenters. The third-order valence-corrected chi connectivity index (χ3v) is 5.20. The van der Waals surface area contributed by atoms with Gasteiger partial charge >= 0.3 is 0 Å². The van der Waals surface area contributed by atoms with E-state index in [1.54, 1.807) is 0 Å². The number of hydrogen-bond donors (Lipinski definition) is 1. The number of benzene rings is 3. The van der Waals surface area contributed by atoms with Crippen molar-refractivity contribution >= 4 is 6.41 Å². The Bertz CT molecular complexity index is 772. The molecule has 2 N–H and O–H groups in total. The zero-order valence-corrected chi connectivity index (χ0v) is 16.8. The van der Waals surface area contributed by atoms with Crippen LogP contribution in [0.5, 0.6) is 0 Å². The van der Waals surface area contributed by atoms with Crippen LogP contribution < -0.4 is 5.84 Å². The van der Waals surface area contributed by atoms with Gasteiger partial charge in [0, 0.05) is 0 Å². The molecular formula is C25H28N2O2. The summed E-state index contributed by atoms with van der Waals surface area (Å²) in [6.45, 7) is 2.40. The lowest BCUT2D eigenvalue weighted by atomic mass is 9.80. The average Bonchev–Trinajstić information content (AvgIpc) is 2.80. The minimum absolute atomic E-state index is 0.201. The lowest BCUT2D eigenvalue weighted by Crippen LogP contribution is -2.45. The monoisotopic (exact) mass is 388 g/mol. The van der Waals surface area contributed by atoms with E-state index in [2.05, 4.69) is 43.3 Å². The van der Waals surface area contributed by atoms with E-state index in [4.69, 9.17) is 10.6 Å². The van der Waals surface area contributed by atoms with Crippen molar-refractivity contribution in [3.05, 3.63) is 108 Å². The maximum absolute atomic E-state index is 11.3. The SMILES string of the molecule is CCC[C@@H](COC(c1ccccc1)(c1ccccc1)c1ccccc1)N(N)C=O. The highest BCUT2D eigenvalue weighted by Gasteiger charge is 2.38. The van der Waals surface area contributed by atoms with Crippen LogP contribution in [0.3, 0.4) is 0 Å². The number of nitrogens with zero attached hydrogens (tertiary/aromatic N) is 1. The first-order valence-electron chi connectivity index (χ1n) is 10.0. The topological polar surface area (TPSA) is 55.6 Å². The fourth-order valence-electron chi connectivity index (χ4n) is 3.73. The summed E-state index contributed by atoms with van der Waals surface area (Å²) in [5.41, 5.74) is 2.28. The average molecular weight is 389 g/mol. The Kier molecular flexibility index (Phi) is 7.17. The molecule has 3 aromatic rings. The molecule has 0 radical (unpaired) electrons. The Labute approximate surface area is 172 Å². The normalized spacial score (nSPS) is 12.3. The third kappa shape index (κ3) is 4.56. The summed E-state index contributed by atoms with van der Waals surface area (Å²) in [7, 11) is 0. The molecule has 0 fully saturated rings. The summed E-state index contributed by atoms with van der Waals surface area (Å²) in [4.78, 5) is 11.3. The van der Waals surface area contributed by atoms with Crippen LogP contribution in [0, 0.1) is 0 Å². The number of hydrazine groups is 1. The number of nitrogens with two attached hydrogens (primary N) is 1. The second-order valence-corrected chi connectivity index (χ2v) is 7.09. The van der Waals surface area contributed by atoms with Gasteiger partial charge in [0.25, 0.3) is 0 Å². The highest BCUT2D eigenvalue weighted by molar-refractivity contribution is 5.48. The number of rotatable bonds is 10. The smallest absolute Gasteiger partial charge is 0.224 e. The van der Waals surface area contributed by atoms with E-state index in [1.165, 1.54) is 5.01 Å². The Hall–Kier alpha value is -2.95. The zero-order valence-electron chi connectivity index (χ0n) is 16.8. The number of hydrogen-bond acceptors (Lipinski definition) is 3. The van der Waals surface area contributed by atoms with E-state index in [0.29, 0.717) is 13.0 Å². The summed E-state index contributed by atoms with van der Waals surface area (Å²) >= 11 is 0. The molecule has 0 aromatic heterocycles. The van der Waals surface area contributed by atoms with Gasteiger partial charge in [0.2, 0.25) is 6.41 Å². The summed E-state index contributed by atoms with van der Waals surface area (Å²) < 4.78 is 6.75. The molecule has 3 aromatic carbocycles. The van der Waals surface area contributed by atoms with Gasteiger partial charge in [0.15, 0.2) is 0 Å². The number of carbonyl (C=O) groups is 1. The second-order valence-electron chi connectivity index (χ2n) is 7.09. The molecule has 0 bridgehead atoms. The molecule has 29 heavy (non-hydrogen) atoms. The summed E-state index contributed by atoms with van der Waals surface area (Å²) in [5, 5.41) is 1.22. The van der Waals surface area contributed by atoms with Crippen molar-refractivity contribution in [3.8, 4) is 0 Å². The number of ether oxygens (including phenoxy) is 1. The zero-order chi connectivity index (χ0) is 20.5. The molecule has 4 heteroatoms. The van der Waals surface area contributed by atoms with Gasteiger partial charge < -0.3 is 4.74 Å². The second kappa shape index (κ2) is 10.0. The van der Waals surface area contributed by atoms with Gasteiger partial charge in [-0.15, -0.1) is 0 Å². The van der Waals surface area contributed by atoms with Crippen molar-refractivity contribution in [2.75, 3.05) is 6.61 Å². The molecule has 0 heterocycles. The molecule has 4 nitrogen and oxygen atoms in total. The molecule has 0 aliphatic carbocycles. The fraction of sp³-hybridized carbons (Fsp3) is 0.240. The molecule has 0 saturated carbocycles. The van der Waals surface area contributed by atoms with Crippen LogP contribution in [0.4, 0.5) is 0 Å². The Morgan fingerprint density at radius 1 is 0.862 bits per heavy atom. The molecule has 0 aliphatic rings. The van der Waals surface area contributed by atoms with Gasteiger partial charge in [0.05, 0.1) is 12.6 Å². The van der Waals surface area contributed by atoms with Gasteiger partial charge in [-0.2, -0.15) is 0 Å². The Morgan fingerprint density at radius 3 is 1.62 bits per heavy atom. The fourth-order valence-corrected chi connectivity index (χ4v) is 3.73. The highest BCUT2D eigenvalue weighted by atomic mass is 16.5. The summed E-state index contributed by atoms with van der Waals surface area (Å²) in [5.74, 6) is 5.93. The van der Waals surface area contributed by atoms with Crippen LogP contribution in [0.25, 0.3) is 0 Å². The molecule has 3 rings (SSSR count). The van der Waals surface area contributed by atoms with Gasteiger partial charge in [-0.3, -0.25) is 9.80 Å². The van der Waals surface area contributed by atoms with Crippen molar-refractivity contribution in [1.82, 2.24) is 5.01 Å².